The van der Waals surface area contributed by atoms with Gasteiger partial charge in [-0.3, -0.25) is 24.9 Å². The number of fused-ring (bicyclic) bond motifs is 3. The van der Waals surface area contributed by atoms with Gasteiger partial charge in [-0.05, 0) is 81.0 Å². The Balaban J connectivity index is 0.000000174. The van der Waals surface area contributed by atoms with Crippen molar-refractivity contribution < 1.29 is 22.0 Å². The molecule has 0 unspecified atom stereocenters. The number of nitrogens with one attached hydrogen (secondary N) is 3. The minimum Gasteiger partial charge on any atom is -0.490 e. The van der Waals surface area contributed by atoms with Crippen molar-refractivity contribution in [2.75, 3.05) is 36.4 Å². The molecule has 294 valence electrons. The molecule has 10 rings (SSSR count). The Morgan fingerprint density at radius 3 is 2.62 bits per heavy atom. The first kappa shape index (κ1) is 35.9. The van der Waals surface area contributed by atoms with Gasteiger partial charge < -0.3 is 19.5 Å². The van der Waals surface area contributed by atoms with Crippen LogP contribution in [-0.4, -0.2) is 84.4 Å². The lowest BCUT2D eigenvalue weighted by molar-refractivity contribution is -0.120. The molecule has 4 fully saturated rings. The predicted octanol–water partition coefficient (Wildman–Crippen LogP) is 7.59. The number of urea groups is 1. The first-order chi connectivity index (χ1) is 27.5. The highest BCUT2D eigenvalue weighted by atomic mass is 16.5. The van der Waals surface area contributed by atoms with E-state index in [4.69, 9.17) is 4.74 Å². The van der Waals surface area contributed by atoms with E-state index in [9.17, 15) is 14.4 Å². The molecule has 56 heavy (non-hydrogen) atoms. The van der Waals surface area contributed by atoms with Crippen molar-refractivity contribution in [1.29, 1.82) is 0 Å². The molecule has 2 saturated heterocycles. The number of aromatic nitrogens is 6. The number of imide groups is 1. The topological polar surface area (TPSA) is 155 Å². The Bertz CT molecular complexity index is 2380. The van der Waals surface area contributed by atoms with Crippen LogP contribution in [0.15, 0.2) is 73.3 Å². The molecule has 0 atom stereocenters. The minimum absolute atomic E-state index is 0. The minimum atomic E-state index is -0.317. The van der Waals surface area contributed by atoms with Crippen LogP contribution >= 0.6 is 0 Å². The largest absolute Gasteiger partial charge is 0.490 e. The van der Waals surface area contributed by atoms with Crippen molar-refractivity contribution in [3.63, 3.8) is 0 Å². The van der Waals surface area contributed by atoms with Crippen molar-refractivity contribution >= 4 is 56.8 Å². The molecule has 0 bridgehead atoms. The van der Waals surface area contributed by atoms with Gasteiger partial charge in [-0.1, -0.05) is 38.2 Å². The van der Waals surface area contributed by atoms with E-state index in [0.717, 1.165) is 40.7 Å². The fraction of sp³-hybridized carbons (Fsp3) is 0.429. The molecule has 14 nitrogen and oxygen atoms in total. The third-order valence-corrected chi connectivity index (χ3v) is 11.7. The maximum atomic E-state index is 12.9. The van der Waals surface area contributed by atoms with Gasteiger partial charge in [0.2, 0.25) is 5.91 Å². The van der Waals surface area contributed by atoms with Gasteiger partial charge in [0.15, 0.2) is 11.5 Å². The van der Waals surface area contributed by atoms with E-state index in [2.05, 4.69) is 58.7 Å². The number of aromatic amines is 1. The number of amides is 4. The van der Waals surface area contributed by atoms with Crippen molar-refractivity contribution in [3.05, 3.63) is 78.9 Å². The lowest BCUT2D eigenvalue weighted by Gasteiger charge is -2.34. The Hall–Kier alpha value is -5.76. The van der Waals surface area contributed by atoms with Crippen molar-refractivity contribution in [2.45, 2.75) is 82.8 Å². The molecule has 2 aromatic carbocycles. The van der Waals surface area contributed by atoms with Gasteiger partial charge in [0.25, 0.3) is 5.91 Å². The summed E-state index contributed by atoms with van der Waals surface area (Å²) in [6.45, 7) is 4.05. The Kier molecular flexibility index (Phi) is 10.1. The standard InChI is InChI=1S/C25H34N4O2.C17H14N6O2.2H2/c30-24-13-18-29(25(31)26-24)23-8-4-7-22-21(23)12-17-28(22)20-10-15-27(16-11-20)14-9-19-5-2-1-3-6-19;24-17(21-16-9-18-15-2-1-5-20-23(15)16)12-6-10-8-19-22-13(10)7-14(12)25-11-3-4-11;;/h4,7-8,12,17,19-20H,1-3,5-6,9-11,13-16,18H2,(H,26,30,31);1-2,5-9,11H,3-4H2,(H,19,22)(H,21,24);2*1H. The van der Waals surface area contributed by atoms with Gasteiger partial charge in [0.1, 0.15) is 5.75 Å². The molecule has 6 heterocycles. The van der Waals surface area contributed by atoms with E-state index >= 15 is 0 Å². The van der Waals surface area contributed by atoms with Gasteiger partial charge in [0, 0.05) is 64.2 Å². The zero-order chi connectivity index (χ0) is 38.0. The number of likely N-dealkylation sites (tertiary alicyclic amines) is 1. The van der Waals surface area contributed by atoms with E-state index < -0.39 is 0 Å². The molecule has 0 spiro atoms. The smallest absolute Gasteiger partial charge is 0.328 e. The molecule has 2 saturated carbocycles. The van der Waals surface area contributed by atoms with Crippen LogP contribution in [0.1, 0.15) is 89.9 Å². The summed E-state index contributed by atoms with van der Waals surface area (Å²) >= 11 is 0. The fourth-order valence-corrected chi connectivity index (χ4v) is 8.49. The molecular weight excluding hydrogens is 709 g/mol. The normalized spacial score (nSPS) is 18.6. The summed E-state index contributed by atoms with van der Waals surface area (Å²) in [6, 6.07) is 15.7. The van der Waals surface area contributed by atoms with Gasteiger partial charge in [-0.25, -0.2) is 9.78 Å². The quantitative estimate of drug-likeness (QED) is 0.136. The summed E-state index contributed by atoms with van der Waals surface area (Å²) in [5, 5.41) is 18.4. The number of hydrogen-bond donors (Lipinski definition) is 3. The Labute approximate surface area is 327 Å². The number of ether oxygens (including phenoxy) is 1. The third-order valence-electron chi connectivity index (χ3n) is 11.7. The van der Waals surface area contributed by atoms with Crippen LogP contribution in [0.5, 0.6) is 5.75 Å². The summed E-state index contributed by atoms with van der Waals surface area (Å²) in [7, 11) is 0. The summed E-state index contributed by atoms with van der Waals surface area (Å²) in [5.41, 5.74) is 4.04. The molecule has 3 N–H and O–H groups in total. The number of rotatable bonds is 9. The molecule has 0 radical (unpaired) electrons. The highest BCUT2D eigenvalue weighted by Crippen LogP contribution is 2.35. The number of anilines is 2. The highest BCUT2D eigenvalue weighted by molar-refractivity contribution is 6.10. The van der Waals surface area contributed by atoms with E-state index in [1.54, 1.807) is 40.1 Å². The van der Waals surface area contributed by atoms with E-state index in [1.165, 1.54) is 76.5 Å². The second-order valence-electron chi connectivity index (χ2n) is 15.6. The number of benzene rings is 2. The molecule has 4 aromatic heterocycles. The molecule has 6 aromatic rings. The van der Waals surface area contributed by atoms with Crippen LogP contribution in [0.2, 0.25) is 0 Å². The number of imidazole rings is 1. The molecule has 4 aliphatic rings. The number of nitrogens with zero attached hydrogens (tertiary/aromatic N) is 7. The SMILES string of the molecule is O=C(Nc1cnc2cccnn12)c1cc2cn[nH]c2cc1OC1CC1.O=C1CCN(c2cccc3c2ccn3C2CCN(CCC3CCCCC3)CC2)C(=O)N1.[HH].[HH]. The number of H-pyrrole nitrogens is 1. The van der Waals surface area contributed by atoms with E-state index in [0.29, 0.717) is 41.8 Å². The third kappa shape index (κ3) is 7.70. The Morgan fingerprint density at radius 1 is 0.946 bits per heavy atom. The molecule has 4 amide bonds. The van der Waals surface area contributed by atoms with Crippen LogP contribution in [0.4, 0.5) is 16.3 Å². The second kappa shape index (κ2) is 15.8. The zero-order valence-electron chi connectivity index (χ0n) is 31.5. The van der Waals surface area contributed by atoms with Crippen molar-refractivity contribution in [3.8, 4) is 5.75 Å². The van der Waals surface area contributed by atoms with Crippen molar-refractivity contribution in [2.24, 2.45) is 5.92 Å². The number of carbonyl (C=O) groups is 3. The number of hydrogen-bond acceptors (Lipinski definition) is 8. The summed E-state index contributed by atoms with van der Waals surface area (Å²) in [4.78, 5) is 45.3. The summed E-state index contributed by atoms with van der Waals surface area (Å²) in [6.07, 6.45) is 20.6. The van der Waals surface area contributed by atoms with Crippen molar-refractivity contribution in [1.82, 2.24) is 39.6 Å². The zero-order valence-corrected chi connectivity index (χ0v) is 31.5. The highest BCUT2D eigenvalue weighted by Gasteiger charge is 2.29. The van der Waals surface area contributed by atoms with Crippen LogP contribution in [0.25, 0.3) is 27.5 Å². The Morgan fingerprint density at radius 2 is 1.80 bits per heavy atom. The average Bonchev–Trinajstić information content (AvgIpc) is 3.55. The van der Waals surface area contributed by atoms with Crippen LogP contribution < -0.4 is 20.3 Å². The monoisotopic (exact) mass is 760 g/mol. The summed E-state index contributed by atoms with van der Waals surface area (Å²) in [5.74, 6) is 1.55. The second-order valence-corrected chi connectivity index (χ2v) is 15.6. The van der Waals surface area contributed by atoms with Gasteiger partial charge in [-0.2, -0.15) is 14.7 Å². The maximum Gasteiger partial charge on any atom is 0.328 e. The summed E-state index contributed by atoms with van der Waals surface area (Å²) < 4.78 is 9.90. The first-order valence-corrected chi connectivity index (χ1v) is 20.1. The molecule has 2 aliphatic heterocycles. The fourth-order valence-electron chi connectivity index (χ4n) is 8.49. The van der Waals surface area contributed by atoms with E-state index in [1.807, 2.05) is 24.3 Å². The van der Waals surface area contributed by atoms with Gasteiger partial charge in [0.05, 0.1) is 40.8 Å². The number of carbonyl (C=O) groups excluding carboxylic acids is 3. The molecule has 14 heteroatoms. The van der Waals surface area contributed by atoms with Crippen LogP contribution in [0, 0.1) is 5.92 Å². The van der Waals surface area contributed by atoms with Crippen LogP contribution in [0.3, 0.4) is 0 Å². The predicted molar refractivity (Wildman–Crippen MR) is 218 cm³/mol. The maximum absolute atomic E-state index is 12.9. The van der Waals surface area contributed by atoms with Gasteiger partial charge in [-0.15, -0.1) is 0 Å². The first-order valence-electron chi connectivity index (χ1n) is 20.1. The van der Waals surface area contributed by atoms with Crippen LogP contribution in [-0.2, 0) is 4.79 Å². The van der Waals surface area contributed by atoms with E-state index in [-0.39, 0.29) is 26.8 Å². The number of piperidine rings is 1. The molecule has 2 aliphatic carbocycles. The lowest BCUT2D eigenvalue weighted by Crippen LogP contribution is -2.49. The average molecular weight is 761 g/mol. The molecular formula is C42H52N10O4. The lowest BCUT2D eigenvalue weighted by atomic mass is 9.87. The van der Waals surface area contributed by atoms with Gasteiger partial charge >= 0.3 is 6.03 Å².